The molecule has 0 bridgehead atoms. The van der Waals surface area contributed by atoms with Gasteiger partial charge in [-0.25, -0.2) is 0 Å². The predicted octanol–water partition coefficient (Wildman–Crippen LogP) is 3.77. The summed E-state index contributed by atoms with van der Waals surface area (Å²) in [5.74, 6) is 1.23. The second-order valence-electron chi connectivity index (χ2n) is 5.85. The Morgan fingerprint density at radius 1 is 1.22 bits per heavy atom. The van der Waals surface area contributed by atoms with Crippen LogP contribution in [0.5, 0.6) is 0 Å². The van der Waals surface area contributed by atoms with Gasteiger partial charge >= 0.3 is 0 Å². The Morgan fingerprint density at radius 3 is 2.33 bits per heavy atom. The molecule has 0 aromatic rings. The summed E-state index contributed by atoms with van der Waals surface area (Å²) in [5, 5.41) is 3.72. The number of ether oxygens (including phenoxy) is 1. The van der Waals surface area contributed by atoms with Crippen LogP contribution in [0.2, 0.25) is 0 Å². The molecule has 0 spiro atoms. The molecule has 1 rings (SSSR count). The maximum Gasteiger partial charge on any atom is 0.0597 e. The van der Waals surface area contributed by atoms with Crippen molar-refractivity contribution in [2.45, 2.75) is 72.1 Å². The molecule has 0 saturated carbocycles. The molecule has 5 unspecified atom stereocenters. The fourth-order valence-electron chi connectivity index (χ4n) is 3.12. The summed E-state index contributed by atoms with van der Waals surface area (Å²) in [6.07, 6.45) is 4.09. The molecule has 1 aliphatic heterocycles. The third-order valence-corrected chi connectivity index (χ3v) is 4.45. The minimum Gasteiger partial charge on any atom is -0.375 e. The first-order valence-electron chi connectivity index (χ1n) is 7.56. The summed E-state index contributed by atoms with van der Waals surface area (Å²) in [4.78, 5) is 0. The average Bonchev–Trinajstić information content (AvgIpc) is 2.59. The summed E-state index contributed by atoms with van der Waals surface area (Å²) in [6, 6.07) is 0.521. The molecule has 5 atom stereocenters. The van der Waals surface area contributed by atoms with Crippen molar-refractivity contribution in [1.82, 2.24) is 5.32 Å². The Kier molecular flexibility index (Phi) is 6.37. The van der Waals surface area contributed by atoms with E-state index in [1.807, 2.05) is 0 Å². The van der Waals surface area contributed by atoms with Gasteiger partial charge in [-0.3, -0.25) is 0 Å². The zero-order valence-corrected chi connectivity index (χ0v) is 12.8. The summed E-state index contributed by atoms with van der Waals surface area (Å²) in [5.41, 5.74) is 1.35. The van der Waals surface area contributed by atoms with Crippen LogP contribution in [0.25, 0.3) is 0 Å². The Balaban J connectivity index is 2.71. The largest absolute Gasteiger partial charge is 0.375 e. The van der Waals surface area contributed by atoms with Crippen LogP contribution in [0.15, 0.2) is 12.2 Å². The maximum atomic E-state index is 5.99. The molecule has 1 saturated heterocycles. The van der Waals surface area contributed by atoms with Crippen molar-refractivity contribution in [2.75, 3.05) is 6.54 Å². The molecule has 106 valence electrons. The van der Waals surface area contributed by atoms with Crippen LogP contribution in [0.4, 0.5) is 0 Å². The van der Waals surface area contributed by atoms with Crippen LogP contribution in [-0.2, 0) is 4.74 Å². The molecule has 0 radical (unpaired) electrons. The number of nitrogens with one attached hydrogen (secondary N) is 1. The molecule has 2 nitrogen and oxygen atoms in total. The molecule has 1 heterocycles. The van der Waals surface area contributed by atoms with E-state index in [0.29, 0.717) is 30.1 Å². The van der Waals surface area contributed by atoms with Gasteiger partial charge in [-0.05, 0) is 45.6 Å². The fraction of sp³-hybridized carbons (Fsp3) is 0.875. The average molecular weight is 253 g/mol. The zero-order valence-electron chi connectivity index (χ0n) is 12.8. The zero-order chi connectivity index (χ0) is 13.7. The fourth-order valence-corrected chi connectivity index (χ4v) is 3.12. The van der Waals surface area contributed by atoms with Crippen molar-refractivity contribution in [3.63, 3.8) is 0 Å². The smallest absolute Gasteiger partial charge is 0.0597 e. The third-order valence-electron chi connectivity index (χ3n) is 4.45. The van der Waals surface area contributed by atoms with E-state index in [1.54, 1.807) is 0 Å². The summed E-state index contributed by atoms with van der Waals surface area (Å²) < 4.78 is 5.99. The topological polar surface area (TPSA) is 21.3 Å². The highest BCUT2D eigenvalue weighted by Crippen LogP contribution is 2.36. The van der Waals surface area contributed by atoms with Crippen molar-refractivity contribution < 1.29 is 4.74 Å². The minimum absolute atomic E-state index is 0.356. The highest BCUT2D eigenvalue weighted by molar-refractivity contribution is 5.01. The van der Waals surface area contributed by atoms with Gasteiger partial charge in [-0.2, -0.15) is 0 Å². The van der Waals surface area contributed by atoms with Gasteiger partial charge in [0.15, 0.2) is 0 Å². The van der Waals surface area contributed by atoms with Crippen molar-refractivity contribution in [2.24, 2.45) is 11.8 Å². The Bertz CT molecular complexity index is 264. The first kappa shape index (κ1) is 15.7. The van der Waals surface area contributed by atoms with Crippen molar-refractivity contribution >= 4 is 0 Å². The second kappa shape index (κ2) is 7.30. The normalized spacial score (nSPS) is 33.6. The second-order valence-corrected chi connectivity index (χ2v) is 5.85. The summed E-state index contributed by atoms with van der Waals surface area (Å²) in [6.45, 7) is 16.4. The molecule has 2 heteroatoms. The molecule has 1 fully saturated rings. The number of hydrogen-bond acceptors (Lipinski definition) is 2. The lowest BCUT2D eigenvalue weighted by Gasteiger charge is -2.30. The molecular formula is C16H31NO. The van der Waals surface area contributed by atoms with E-state index in [-0.39, 0.29) is 0 Å². The first-order chi connectivity index (χ1) is 8.51. The summed E-state index contributed by atoms with van der Waals surface area (Å²) >= 11 is 0. The Morgan fingerprint density at radius 2 is 1.89 bits per heavy atom. The maximum absolute atomic E-state index is 5.99. The van der Waals surface area contributed by atoms with Gasteiger partial charge in [0.1, 0.15) is 0 Å². The van der Waals surface area contributed by atoms with E-state index >= 15 is 0 Å². The van der Waals surface area contributed by atoms with E-state index in [9.17, 15) is 0 Å². The van der Waals surface area contributed by atoms with Crippen LogP contribution in [0.1, 0.15) is 53.9 Å². The van der Waals surface area contributed by atoms with Crippen molar-refractivity contribution in [1.29, 1.82) is 0 Å². The van der Waals surface area contributed by atoms with Crippen LogP contribution in [-0.4, -0.2) is 24.8 Å². The summed E-state index contributed by atoms with van der Waals surface area (Å²) in [7, 11) is 0. The van der Waals surface area contributed by atoms with E-state index < -0.39 is 0 Å². The molecule has 0 aliphatic carbocycles. The molecule has 1 N–H and O–H groups in total. The monoisotopic (exact) mass is 253 g/mol. The van der Waals surface area contributed by atoms with Gasteiger partial charge in [0.05, 0.1) is 12.2 Å². The van der Waals surface area contributed by atoms with Gasteiger partial charge in [0.2, 0.25) is 0 Å². The SMILES string of the molecule is C=C(CC)CC(NCCC)C1C(C)OC(C)C1C. The molecule has 0 amide bonds. The standard InChI is InChI=1S/C16H31NO/c1-7-9-17-15(10-11(3)8-2)16-12(4)13(5)18-14(16)6/h12-17H,3,7-10H2,1-2,4-6H3. The van der Waals surface area contributed by atoms with E-state index in [4.69, 9.17) is 4.74 Å². The molecule has 1 aliphatic rings. The van der Waals surface area contributed by atoms with Gasteiger partial charge in [-0.1, -0.05) is 32.9 Å². The highest BCUT2D eigenvalue weighted by Gasteiger charge is 2.41. The van der Waals surface area contributed by atoms with Gasteiger partial charge in [-0.15, -0.1) is 0 Å². The quantitative estimate of drug-likeness (QED) is 0.697. The number of rotatable bonds is 7. The van der Waals surface area contributed by atoms with Crippen molar-refractivity contribution in [3.8, 4) is 0 Å². The molecule has 0 aromatic carbocycles. The lowest BCUT2D eigenvalue weighted by molar-refractivity contribution is 0.0475. The lowest BCUT2D eigenvalue weighted by atomic mass is 9.80. The Labute approximate surface area is 113 Å². The van der Waals surface area contributed by atoms with Crippen LogP contribution in [0, 0.1) is 11.8 Å². The van der Waals surface area contributed by atoms with Gasteiger partial charge in [0.25, 0.3) is 0 Å². The van der Waals surface area contributed by atoms with E-state index in [2.05, 4.69) is 46.5 Å². The lowest BCUT2D eigenvalue weighted by Crippen LogP contribution is -2.42. The van der Waals surface area contributed by atoms with Crippen molar-refractivity contribution in [3.05, 3.63) is 12.2 Å². The van der Waals surface area contributed by atoms with Gasteiger partial charge < -0.3 is 10.1 Å². The molecular weight excluding hydrogens is 222 g/mol. The highest BCUT2D eigenvalue weighted by atomic mass is 16.5. The van der Waals surface area contributed by atoms with Crippen LogP contribution < -0.4 is 5.32 Å². The number of hydrogen-bond donors (Lipinski definition) is 1. The minimum atomic E-state index is 0.356. The van der Waals surface area contributed by atoms with Crippen LogP contribution in [0.3, 0.4) is 0 Å². The van der Waals surface area contributed by atoms with Gasteiger partial charge in [0, 0.05) is 12.0 Å². The van der Waals surface area contributed by atoms with Crippen LogP contribution >= 0.6 is 0 Å². The molecule has 0 aromatic heterocycles. The van der Waals surface area contributed by atoms with E-state index in [0.717, 1.165) is 19.4 Å². The first-order valence-corrected chi connectivity index (χ1v) is 7.56. The van der Waals surface area contributed by atoms with E-state index in [1.165, 1.54) is 12.0 Å². The Hall–Kier alpha value is -0.340. The third kappa shape index (κ3) is 3.83. The predicted molar refractivity (Wildman–Crippen MR) is 78.8 cm³/mol. The molecule has 18 heavy (non-hydrogen) atoms.